The van der Waals surface area contributed by atoms with Crippen LogP contribution in [0.3, 0.4) is 0 Å². The quantitative estimate of drug-likeness (QED) is 0.763. The van der Waals surface area contributed by atoms with Crippen molar-refractivity contribution in [1.82, 2.24) is 20.0 Å². The van der Waals surface area contributed by atoms with Crippen molar-refractivity contribution in [2.24, 2.45) is 5.92 Å². The van der Waals surface area contributed by atoms with E-state index in [9.17, 15) is 5.11 Å². The molecule has 0 bridgehead atoms. The van der Waals surface area contributed by atoms with Gasteiger partial charge in [-0.2, -0.15) is 5.10 Å². The molecule has 0 saturated carbocycles. The Morgan fingerprint density at radius 2 is 2.26 bits per heavy atom. The number of rotatable bonds is 7. The second kappa shape index (κ2) is 7.62. The van der Waals surface area contributed by atoms with Crippen molar-refractivity contribution in [1.29, 1.82) is 0 Å². The molecule has 2 N–H and O–H groups in total. The molecular formula is C14H26N4O. The van der Waals surface area contributed by atoms with Crippen LogP contribution in [0.4, 0.5) is 0 Å². The molecular weight excluding hydrogens is 240 g/mol. The van der Waals surface area contributed by atoms with Gasteiger partial charge in [0.25, 0.3) is 0 Å². The Bertz CT molecular complexity index is 360. The van der Waals surface area contributed by atoms with Gasteiger partial charge in [0.1, 0.15) is 0 Å². The summed E-state index contributed by atoms with van der Waals surface area (Å²) in [6.07, 6.45) is 4.35. The Hall–Kier alpha value is -0.910. The van der Waals surface area contributed by atoms with Gasteiger partial charge in [-0.25, -0.2) is 0 Å². The van der Waals surface area contributed by atoms with Gasteiger partial charge in [-0.05, 0) is 44.8 Å². The summed E-state index contributed by atoms with van der Waals surface area (Å²) in [6.45, 7) is 8.22. The van der Waals surface area contributed by atoms with Crippen LogP contribution in [0.1, 0.15) is 25.5 Å². The zero-order chi connectivity index (χ0) is 13.5. The Balaban J connectivity index is 1.91. The molecule has 0 amide bonds. The molecule has 1 aromatic rings. The van der Waals surface area contributed by atoms with Crippen LogP contribution < -0.4 is 5.32 Å². The van der Waals surface area contributed by atoms with Crippen LogP contribution in [0.15, 0.2) is 12.3 Å². The van der Waals surface area contributed by atoms with Gasteiger partial charge in [-0.15, -0.1) is 0 Å². The van der Waals surface area contributed by atoms with Gasteiger partial charge in [-0.1, -0.05) is 0 Å². The van der Waals surface area contributed by atoms with Gasteiger partial charge >= 0.3 is 0 Å². The number of nitrogens with zero attached hydrogens (tertiary/aromatic N) is 3. The minimum atomic E-state index is 0.227. The zero-order valence-electron chi connectivity index (χ0n) is 11.9. The van der Waals surface area contributed by atoms with Crippen molar-refractivity contribution >= 4 is 0 Å². The second-order valence-corrected chi connectivity index (χ2v) is 5.29. The number of aliphatic hydroxyl groups is 1. The molecule has 19 heavy (non-hydrogen) atoms. The highest BCUT2D eigenvalue weighted by atomic mass is 16.3. The highest BCUT2D eigenvalue weighted by molar-refractivity contribution is 5.00. The molecule has 2 heterocycles. The molecule has 5 heteroatoms. The van der Waals surface area contributed by atoms with E-state index in [1.807, 2.05) is 10.9 Å². The maximum atomic E-state index is 9.24. The monoisotopic (exact) mass is 266 g/mol. The normalized spacial score (nSPS) is 17.2. The Morgan fingerprint density at radius 3 is 2.95 bits per heavy atom. The molecule has 1 fully saturated rings. The van der Waals surface area contributed by atoms with Gasteiger partial charge in [0.15, 0.2) is 0 Å². The zero-order valence-corrected chi connectivity index (χ0v) is 11.9. The predicted octanol–water partition coefficient (Wildman–Crippen LogP) is 0.697. The van der Waals surface area contributed by atoms with Crippen LogP contribution in [0.25, 0.3) is 0 Å². The molecule has 0 aromatic carbocycles. The number of hydrogen-bond donors (Lipinski definition) is 2. The molecule has 1 aliphatic heterocycles. The Morgan fingerprint density at radius 1 is 1.47 bits per heavy atom. The van der Waals surface area contributed by atoms with E-state index in [4.69, 9.17) is 0 Å². The average molecular weight is 266 g/mol. The fourth-order valence-electron chi connectivity index (χ4n) is 2.81. The first-order valence-electron chi connectivity index (χ1n) is 7.38. The third-order valence-electron chi connectivity index (χ3n) is 3.88. The van der Waals surface area contributed by atoms with E-state index in [-0.39, 0.29) is 6.61 Å². The standard InChI is InChI=1S/C14H26N4O/c1-2-18-14(5-8-16-18)12-17(9-10-19)11-13-3-6-15-7-4-13/h5,8,13,15,19H,2-4,6-7,9-12H2,1H3. The summed E-state index contributed by atoms with van der Waals surface area (Å²) in [5, 5.41) is 17.0. The number of aryl methyl sites for hydroxylation is 1. The second-order valence-electron chi connectivity index (χ2n) is 5.29. The predicted molar refractivity (Wildman–Crippen MR) is 75.9 cm³/mol. The maximum Gasteiger partial charge on any atom is 0.0558 e. The molecule has 2 rings (SSSR count). The summed E-state index contributed by atoms with van der Waals surface area (Å²) in [6, 6.07) is 2.08. The first kappa shape index (κ1) is 14.5. The van der Waals surface area contributed by atoms with Crippen LogP contribution in [0, 0.1) is 5.92 Å². The molecule has 0 radical (unpaired) electrons. The summed E-state index contributed by atoms with van der Waals surface area (Å²) in [5.74, 6) is 0.755. The first-order chi connectivity index (χ1) is 9.33. The third-order valence-corrected chi connectivity index (χ3v) is 3.88. The lowest BCUT2D eigenvalue weighted by molar-refractivity contribution is 0.154. The van der Waals surface area contributed by atoms with Crippen molar-refractivity contribution in [2.45, 2.75) is 32.9 Å². The van der Waals surface area contributed by atoms with Crippen LogP contribution >= 0.6 is 0 Å². The smallest absolute Gasteiger partial charge is 0.0558 e. The van der Waals surface area contributed by atoms with Gasteiger partial charge in [0, 0.05) is 32.4 Å². The minimum Gasteiger partial charge on any atom is -0.395 e. The van der Waals surface area contributed by atoms with Crippen LogP contribution in [0.5, 0.6) is 0 Å². The average Bonchev–Trinajstić information content (AvgIpc) is 2.87. The highest BCUT2D eigenvalue weighted by Crippen LogP contribution is 2.15. The van der Waals surface area contributed by atoms with Crippen LogP contribution in [0.2, 0.25) is 0 Å². The van der Waals surface area contributed by atoms with E-state index >= 15 is 0 Å². The third kappa shape index (κ3) is 4.30. The molecule has 1 saturated heterocycles. The van der Waals surface area contributed by atoms with E-state index in [0.717, 1.165) is 45.2 Å². The summed E-state index contributed by atoms with van der Waals surface area (Å²) in [5.41, 5.74) is 1.24. The SMILES string of the molecule is CCn1nccc1CN(CCO)CC1CCNCC1. The molecule has 0 atom stereocenters. The summed E-state index contributed by atoms with van der Waals surface area (Å²) in [4.78, 5) is 2.36. The topological polar surface area (TPSA) is 53.3 Å². The molecule has 108 valence electrons. The number of nitrogens with one attached hydrogen (secondary N) is 1. The fraction of sp³-hybridized carbons (Fsp3) is 0.786. The molecule has 5 nitrogen and oxygen atoms in total. The van der Waals surface area contributed by atoms with Crippen molar-refractivity contribution in [3.05, 3.63) is 18.0 Å². The lowest BCUT2D eigenvalue weighted by atomic mass is 9.97. The lowest BCUT2D eigenvalue weighted by Gasteiger charge is -2.29. The Kier molecular flexibility index (Phi) is 5.82. The maximum absolute atomic E-state index is 9.24. The minimum absolute atomic E-state index is 0.227. The number of piperidine rings is 1. The molecule has 1 aliphatic rings. The molecule has 0 aliphatic carbocycles. The van der Waals surface area contributed by atoms with E-state index in [0.29, 0.717) is 0 Å². The van der Waals surface area contributed by atoms with Gasteiger partial charge in [-0.3, -0.25) is 9.58 Å². The number of aromatic nitrogens is 2. The lowest BCUT2D eigenvalue weighted by Crippen LogP contribution is -2.37. The van der Waals surface area contributed by atoms with E-state index in [2.05, 4.69) is 28.3 Å². The van der Waals surface area contributed by atoms with E-state index in [1.165, 1.54) is 18.5 Å². The van der Waals surface area contributed by atoms with Crippen molar-refractivity contribution in [3.8, 4) is 0 Å². The van der Waals surface area contributed by atoms with E-state index < -0.39 is 0 Å². The van der Waals surface area contributed by atoms with Crippen LogP contribution in [-0.4, -0.2) is 52.6 Å². The largest absolute Gasteiger partial charge is 0.395 e. The van der Waals surface area contributed by atoms with Crippen LogP contribution in [-0.2, 0) is 13.1 Å². The van der Waals surface area contributed by atoms with Gasteiger partial charge in [0.2, 0.25) is 0 Å². The van der Waals surface area contributed by atoms with Gasteiger partial charge < -0.3 is 10.4 Å². The summed E-state index contributed by atoms with van der Waals surface area (Å²) < 4.78 is 2.03. The van der Waals surface area contributed by atoms with Gasteiger partial charge in [0.05, 0.1) is 12.3 Å². The Labute approximate surface area is 115 Å². The summed E-state index contributed by atoms with van der Waals surface area (Å²) in [7, 11) is 0. The van der Waals surface area contributed by atoms with E-state index in [1.54, 1.807) is 0 Å². The summed E-state index contributed by atoms with van der Waals surface area (Å²) >= 11 is 0. The highest BCUT2D eigenvalue weighted by Gasteiger charge is 2.17. The molecule has 0 spiro atoms. The number of aliphatic hydroxyl groups excluding tert-OH is 1. The van der Waals surface area contributed by atoms with Crippen molar-refractivity contribution in [2.75, 3.05) is 32.8 Å². The van der Waals surface area contributed by atoms with Crippen molar-refractivity contribution in [3.63, 3.8) is 0 Å². The molecule has 0 unspecified atom stereocenters. The molecule has 1 aromatic heterocycles. The first-order valence-corrected chi connectivity index (χ1v) is 7.38. The number of hydrogen-bond acceptors (Lipinski definition) is 4. The fourth-order valence-corrected chi connectivity index (χ4v) is 2.81. The van der Waals surface area contributed by atoms with Crippen molar-refractivity contribution < 1.29 is 5.11 Å².